The number of likely N-dealkylation sites (N-methyl/N-ethyl adjacent to an activating group) is 1. The van der Waals surface area contributed by atoms with E-state index in [1.165, 1.54) is 27.5 Å². The summed E-state index contributed by atoms with van der Waals surface area (Å²) in [5, 5.41) is 0. The Kier molecular flexibility index (Phi) is 7.19. The lowest BCUT2D eigenvalue weighted by Crippen LogP contribution is -2.35. The molecule has 2 aromatic rings. The highest BCUT2D eigenvalue weighted by Gasteiger charge is 2.23. The highest BCUT2D eigenvalue weighted by molar-refractivity contribution is 9.10. The van der Waals surface area contributed by atoms with Crippen molar-refractivity contribution in [1.82, 2.24) is 8.87 Å². The van der Waals surface area contributed by atoms with Gasteiger partial charge >= 0.3 is 0 Å². The average molecular weight is 470 g/mol. The lowest BCUT2D eigenvalue weighted by atomic mass is 10.2. The van der Waals surface area contributed by atoms with E-state index < -0.39 is 15.6 Å². The van der Waals surface area contributed by atoms with Gasteiger partial charge in [-0.1, -0.05) is 29.8 Å². The second kappa shape index (κ2) is 9.02. The zero-order valence-corrected chi connectivity index (χ0v) is 18.7. The van der Waals surface area contributed by atoms with Crippen LogP contribution < -0.4 is 10.5 Å². The lowest BCUT2D eigenvalue weighted by molar-refractivity contribution is -0.118. The number of carbonyl (C=O) groups is 1. The number of rotatable bonds is 7. The number of hydrogen-bond acceptors (Lipinski definition) is 4. The van der Waals surface area contributed by atoms with Crippen LogP contribution in [0.1, 0.15) is 19.4 Å². The van der Waals surface area contributed by atoms with Gasteiger partial charge in [-0.2, -0.15) is 4.31 Å². The fourth-order valence-corrected chi connectivity index (χ4v) is 4.83. The van der Waals surface area contributed by atoms with Gasteiger partial charge in [0.15, 0.2) is 0 Å². The summed E-state index contributed by atoms with van der Waals surface area (Å²) in [6, 6.07) is 7.98. The van der Waals surface area contributed by atoms with E-state index in [4.69, 9.17) is 0 Å². The summed E-state index contributed by atoms with van der Waals surface area (Å²) in [5.74, 6) is -0.329. The first-order chi connectivity index (χ1) is 13.1. The number of sulfonamides is 1. The number of carbonyl (C=O) groups excluding carboxylic acids is 1. The summed E-state index contributed by atoms with van der Waals surface area (Å²) in [7, 11) is -2.09. The van der Waals surface area contributed by atoms with Crippen molar-refractivity contribution in [3.8, 4) is 0 Å². The molecule has 152 valence electrons. The Bertz CT molecular complexity index is 1030. The SMILES string of the molecule is CCN(CC)S(=O)(=O)c1ccc(=O)n(CC(=O)N(C)c2ccc(Br)cc2C)c1. The van der Waals surface area contributed by atoms with E-state index in [-0.39, 0.29) is 17.3 Å². The van der Waals surface area contributed by atoms with Crippen molar-refractivity contribution in [2.24, 2.45) is 0 Å². The van der Waals surface area contributed by atoms with Crippen LogP contribution >= 0.6 is 15.9 Å². The number of amides is 1. The van der Waals surface area contributed by atoms with Gasteiger partial charge in [-0.15, -0.1) is 0 Å². The molecule has 1 amide bonds. The van der Waals surface area contributed by atoms with E-state index in [0.29, 0.717) is 18.8 Å². The Balaban J connectivity index is 2.33. The zero-order chi connectivity index (χ0) is 21.1. The van der Waals surface area contributed by atoms with Gasteiger partial charge in [0.2, 0.25) is 15.9 Å². The third-order valence-corrected chi connectivity index (χ3v) is 7.03. The van der Waals surface area contributed by atoms with Gasteiger partial charge in [0.05, 0.1) is 4.90 Å². The summed E-state index contributed by atoms with van der Waals surface area (Å²) < 4.78 is 28.7. The zero-order valence-electron chi connectivity index (χ0n) is 16.3. The fourth-order valence-electron chi connectivity index (χ4n) is 2.88. The molecule has 1 aromatic heterocycles. The normalized spacial score (nSPS) is 11.6. The van der Waals surface area contributed by atoms with E-state index in [1.54, 1.807) is 27.0 Å². The molecular weight excluding hydrogens is 446 g/mol. The van der Waals surface area contributed by atoms with E-state index in [1.807, 2.05) is 19.1 Å². The van der Waals surface area contributed by atoms with Crippen LogP contribution in [0.15, 0.2) is 50.7 Å². The standard InChI is InChI=1S/C19H24BrN3O4S/c1-5-23(6-2)28(26,27)16-8-10-18(24)22(12-16)13-19(25)21(4)17-9-7-15(20)11-14(17)3/h7-12H,5-6,13H2,1-4H3. The molecule has 0 fully saturated rings. The first-order valence-electron chi connectivity index (χ1n) is 8.85. The van der Waals surface area contributed by atoms with Crippen LogP contribution in [0, 0.1) is 6.92 Å². The van der Waals surface area contributed by atoms with Gasteiger partial charge in [0.1, 0.15) is 6.54 Å². The van der Waals surface area contributed by atoms with Crippen molar-refractivity contribution in [2.45, 2.75) is 32.2 Å². The molecule has 0 atom stereocenters. The van der Waals surface area contributed by atoms with Gasteiger partial charge in [0.25, 0.3) is 5.56 Å². The molecule has 0 spiro atoms. The highest BCUT2D eigenvalue weighted by atomic mass is 79.9. The number of halogens is 1. The Morgan fingerprint density at radius 1 is 1.14 bits per heavy atom. The second-order valence-electron chi connectivity index (χ2n) is 6.30. The molecule has 1 heterocycles. The number of pyridine rings is 1. The summed E-state index contributed by atoms with van der Waals surface area (Å²) in [6.07, 6.45) is 1.23. The number of hydrogen-bond donors (Lipinski definition) is 0. The molecule has 0 aliphatic rings. The van der Waals surface area contributed by atoms with Crippen molar-refractivity contribution in [2.75, 3.05) is 25.0 Å². The van der Waals surface area contributed by atoms with Crippen molar-refractivity contribution < 1.29 is 13.2 Å². The fraction of sp³-hybridized carbons (Fsp3) is 0.368. The first kappa shape index (κ1) is 22.3. The molecule has 0 radical (unpaired) electrons. The highest BCUT2D eigenvalue weighted by Crippen LogP contribution is 2.23. The van der Waals surface area contributed by atoms with Gasteiger partial charge in [0, 0.05) is 42.6 Å². The molecule has 1 aromatic carbocycles. The number of aryl methyl sites for hydroxylation is 1. The van der Waals surface area contributed by atoms with Crippen molar-refractivity contribution in [3.05, 3.63) is 56.9 Å². The topological polar surface area (TPSA) is 79.7 Å². The monoisotopic (exact) mass is 469 g/mol. The van der Waals surface area contributed by atoms with Crippen LogP contribution in [0.2, 0.25) is 0 Å². The van der Waals surface area contributed by atoms with Crippen LogP contribution in [0.4, 0.5) is 5.69 Å². The minimum absolute atomic E-state index is 0.00826. The van der Waals surface area contributed by atoms with Crippen molar-refractivity contribution >= 4 is 37.5 Å². The summed E-state index contributed by atoms with van der Waals surface area (Å²) >= 11 is 3.39. The third kappa shape index (κ3) is 4.71. The van der Waals surface area contributed by atoms with E-state index in [9.17, 15) is 18.0 Å². The van der Waals surface area contributed by atoms with Crippen molar-refractivity contribution in [1.29, 1.82) is 0 Å². The summed E-state index contributed by atoms with van der Waals surface area (Å²) in [6.45, 7) is 5.76. The van der Waals surface area contributed by atoms with E-state index in [2.05, 4.69) is 15.9 Å². The van der Waals surface area contributed by atoms with E-state index >= 15 is 0 Å². The molecule has 0 aliphatic carbocycles. The Labute approximate surface area is 173 Å². The third-order valence-electron chi connectivity index (χ3n) is 4.50. The Morgan fingerprint density at radius 2 is 1.79 bits per heavy atom. The van der Waals surface area contributed by atoms with Crippen LogP contribution in [0.3, 0.4) is 0 Å². The molecule has 0 unspecified atom stereocenters. The Morgan fingerprint density at radius 3 is 2.36 bits per heavy atom. The maximum Gasteiger partial charge on any atom is 0.251 e. The summed E-state index contributed by atoms with van der Waals surface area (Å²) in [5.41, 5.74) is 1.18. The molecule has 28 heavy (non-hydrogen) atoms. The molecule has 0 saturated carbocycles. The van der Waals surface area contributed by atoms with Crippen LogP contribution in [0.5, 0.6) is 0 Å². The molecule has 2 rings (SSSR count). The maximum absolute atomic E-state index is 12.7. The van der Waals surface area contributed by atoms with Crippen LogP contribution in [0.25, 0.3) is 0 Å². The minimum atomic E-state index is -3.72. The minimum Gasteiger partial charge on any atom is -0.314 e. The molecule has 0 aliphatic heterocycles. The molecular formula is C19H24BrN3O4S. The summed E-state index contributed by atoms with van der Waals surface area (Å²) in [4.78, 5) is 26.3. The molecule has 9 heteroatoms. The average Bonchev–Trinajstić information content (AvgIpc) is 2.63. The second-order valence-corrected chi connectivity index (χ2v) is 9.16. The van der Waals surface area contributed by atoms with Crippen molar-refractivity contribution in [3.63, 3.8) is 0 Å². The largest absolute Gasteiger partial charge is 0.314 e. The smallest absolute Gasteiger partial charge is 0.251 e. The van der Waals surface area contributed by atoms with Gasteiger partial charge < -0.3 is 9.47 Å². The lowest BCUT2D eigenvalue weighted by Gasteiger charge is -2.21. The van der Waals surface area contributed by atoms with Gasteiger partial charge in [-0.05, 0) is 36.8 Å². The predicted molar refractivity (Wildman–Crippen MR) is 113 cm³/mol. The molecule has 0 N–H and O–H groups in total. The predicted octanol–water partition coefficient (Wildman–Crippen LogP) is 2.61. The van der Waals surface area contributed by atoms with Crippen LogP contribution in [-0.2, 0) is 21.4 Å². The number of anilines is 1. The number of nitrogens with zero attached hydrogens (tertiary/aromatic N) is 3. The van der Waals surface area contributed by atoms with E-state index in [0.717, 1.165) is 14.6 Å². The van der Waals surface area contributed by atoms with Gasteiger partial charge in [-0.3, -0.25) is 9.59 Å². The van der Waals surface area contributed by atoms with Crippen LogP contribution in [-0.4, -0.2) is 43.3 Å². The molecule has 0 bridgehead atoms. The number of aromatic nitrogens is 1. The quantitative estimate of drug-likeness (QED) is 0.623. The maximum atomic E-state index is 12.7. The molecule has 0 saturated heterocycles. The van der Waals surface area contributed by atoms with Gasteiger partial charge in [-0.25, -0.2) is 8.42 Å². The number of benzene rings is 1. The Hall–Kier alpha value is -1.97. The molecule has 7 nitrogen and oxygen atoms in total. The first-order valence-corrected chi connectivity index (χ1v) is 11.1.